The van der Waals surface area contributed by atoms with Crippen LogP contribution in [-0.2, 0) is 6.18 Å². The summed E-state index contributed by atoms with van der Waals surface area (Å²) in [5, 5.41) is 10.6. The molecule has 18 heavy (non-hydrogen) atoms. The smallest absolute Gasteiger partial charge is 0.435 e. The normalized spacial score (nSPS) is 11.8. The molecule has 3 nitrogen and oxygen atoms in total. The van der Waals surface area contributed by atoms with Crippen LogP contribution in [0.3, 0.4) is 0 Å². The number of thiophene rings is 1. The van der Waals surface area contributed by atoms with E-state index < -0.39 is 22.7 Å². The van der Waals surface area contributed by atoms with Crippen molar-refractivity contribution >= 4 is 28.6 Å². The van der Waals surface area contributed by atoms with Gasteiger partial charge in [0.25, 0.3) is 0 Å². The van der Waals surface area contributed by atoms with E-state index >= 15 is 0 Å². The molecule has 0 aromatic carbocycles. The Labute approximate surface area is 108 Å². The Morgan fingerprint density at radius 3 is 2.50 bits per heavy atom. The molecule has 2 heterocycles. The predicted molar refractivity (Wildman–Crippen MR) is 62.1 cm³/mol. The molecule has 0 unspecified atom stereocenters. The summed E-state index contributed by atoms with van der Waals surface area (Å²) in [4.78, 5) is 14.0. The van der Waals surface area contributed by atoms with Crippen LogP contribution in [0.25, 0.3) is 9.88 Å². The van der Waals surface area contributed by atoms with Gasteiger partial charge in [-0.3, -0.25) is 0 Å². The molecule has 2 rings (SSSR count). The van der Waals surface area contributed by atoms with E-state index in [9.17, 15) is 18.0 Å². The summed E-state index contributed by atoms with van der Waals surface area (Å²) >= 11 is 1.78. The van der Waals surface area contributed by atoms with Crippen LogP contribution in [0.4, 0.5) is 13.2 Å². The zero-order chi connectivity index (χ0) is 13.5. The minimum Gasteiger partial charge on any atom is -0.477 e. The van der Waals surface area contributed by atoms with E-state index in [1.54, 1.807) is 18.4 Å². The van der Waals surface area contributed by atoms with E-state index in [-0.39, 0.29) is 5.01 Å². The van der Waals surface area contributed by atoms with Crippen LogP contribution < -0.4 is 0 Å². The highest BCUT2D eigenvalue weighted by molar-refractivity contribution is 7.22. The van der Waals surface area contributed by atoms with Crippen LogP contribution in [0.15, 0.2) is 11.4 Å². The first kappa shape index (κ1) is 13.0. The number of carbonyl (C=O) groups is 1. The molecule has 96 valence electrons. The summed E-state index contributed by atoms with van der Waals surface area (Å²) in [5.74, 6) is -1.61. The highest BCUT2D eigenvalue weighted by Crippen LogP contribution is 2.39. The molecule has 0 spiro atoms. The predicted octanol–water partition coefficient (Wildman–Crippen LogP) is 3.90. The molecule has 0 radical (unpaired) electrons. The Morgan fingerprint density at radius 1 is 1.44 bits per heavy atom. The van der Waals surface area contributed by atoms with Crippen molar-refractivity contribution in [3.63, 3.8) is 0 Å². The molecule has 1 N–H and O–H groups in total. The van der Waals surface area contributed by atoms with Gasteiger partial charge in [0.15, 0.2) is 5.69 Å². The lowest BCUT2D eigenvalue weighted by atomic mass is 10.3. The number of aromatic nitrogens is 1. The fraction of sp³-hybridized carbons (Fsp3) is 0.200. The van der Waals surface area contributed by atoms with Gasteiger partial charge in [0.1, 0.15) is 9.88 Å². The Morgan fingerprint density at radius 2 is 2.11 bits per heavy atom. The quantitative estimate of drug-likeness (QED) is 0.913. The van der Waals surface area contributed by atoms with E-state index in [4.69, 9.17) is 5.11 Å². The molecule has 0 aliphatic carbocycles. The van der Waals surface area contributed by atoms with Gasteiger partial charge in [-0.05, 0) is 23.9 Å². The van der Waals surface area contributed by atoms with Gasteiger partial charge in [0, 0.05) is 0 Å². The molecule has 2 aromatic rings. The van der Waals surface area contributed by atoms with E-state index in [0.717, 1.165) is 5.56 Å². The second-order valence-corrected chi connectivity index (χ2v) is 5.35. The summed E-state index contributed by atoms with van der Waals surface area (Å²) in [6.45, 7) is 1.74. The average molecular weight is 293 g/mol. The van der Waals surface area contributed by atoms with Crippen LogP contribution in [-0.4, -0.2) is 16.1 Å². The molecular weight excluding hydrogens is 287 g/mol. The molecule has 0 amide bonds. The van der Waals surface area contributed by atoms with Gasteiger partial charge >= 0.3 is 12.1 Å². The summed E-state index contributed by atoms with van der Waals surface area (Å²) in [7, 11) is 0. The van der Waals surface area contributed by atoms with Gasteiger partial charge < -0.3 is 5.11 Å². The molecular formula is C10H6F3NO2S2. The Balaban J connectivity index is 2.60. The highest BCUT2D eigenvalue weighted by atomic mass is 32.1. The van der Waals surface area contributed by atoms with Gasteiger partial charge in [-0.15, -0.1) is 22.7 Å². The average Bonchev–Trinajstić information content (AvgIpc) is 2.81. The van der Waals surface area contributed by atoms with Gasteiger partial charge in [-0.25, -0.2) is 9.78 Å². The molecule has 0 bridgehead atoms. The number of hydrogen-bond acceptors (Lipinski definition) is 4. The summed E-state index contributed by atoms with van der Waals surface area (Å²) in [6, 6.07) is 1.75. The van der Waals surface area contributed by atoms with Crippen molar-refractivity contribution in [2.45, 2.75) is 13.1 Å². The zero-order valence-corrected chi connectivity index (χ0v) is 10.5. The molecule has 2 aromatic heterocycles. The van der Waals surface area contributed by atoms with Crippen LogP contribution in [0.2, 0.25) is 0 Å². The number of carboxylic acids is 1. The number of thiazole rings is 1. The maximum Gasteiger partial charge on any atom is 0.435 e. The summed E-state index contributed by atoms with van der Waals surface area (Å²) in [6.07, 6.45) is -4.76. The number of alkyl halides is 3. The fourth-order valence-electron chi connectivity index (χ4n) is 1.35. The van der Waals surface area contributed by atoms with Crippen LogP contribution in [0.5, 0.6) is 0 Å². The number of nitrogens with zero attached hydrogens (tertiary/aromatic N) is 1. The maximum absolute atomic E-state index is 12.6. The van der Waals surface area contributed by atoms with E-state index in [2.05, 4.69) is 4.98 Å². The molecule has 0 atom stereocenters. The van der Waals surface area contributed by atoms with Crippen molar-refractivity contribution in [2.75, 3.05) is 0 Å². The third-order valence-electron chi connectivity index (χ3n) is 2.15. The first-order chi connectivity index (χ1) is 8.30. The van der Waals surface area contributed by atoms with E-state index in [0.29, 0.717) is 16.2 Å². The van der Waals surface area contributed by atoms with Gasteiger partial charge in [-0.2, -0.15) is 13.2 Å². The lowest BCUT2D eigenvalue weighted by Gasteiger charge is -2.02. The first-order valence-electron chi connectivity index (χ1n) is 4.66. The maximum atomic E-state index is 12.6. The standard InChI is InChI=1S/C10H6F3NO2S2/c1-4-2-3-17-5(4)8-14-7(10(11,12)13)6(18-8)9(15)16/h2-3H,1H3,(H,15,16). The molecule has 8 heteroatoms. The minimum absolute atomic E-state index is 0.0900. The summed E-state index contributed by atoms with van der Waals surface area (Å²) < 4.78 is 37.9. The third kappa shape index (κ3) is 2.25. The van der Waals surface area contributed by atoms with Crippen LogP contribution >= 0.6 is 22.7 Å². The van der Waals surface area contributed by atoms with Crippen molar-refractivity contribution < 1.29 is 23.1 Å². The third-order valence-corrected chi connectivity index (χ3v) is 4.36. The molecule has 0 aliphatic rings. The monoisotopic (exact) mass is 293 g/mol. The molecule has 0 fully saturated rings. The number of aromatic carboxylic acids is 1. The lowest BCUT2D eigenvalue weighted by molar-refractivity contribution is -0.141. The fourth-order valence-corrected chi connectivity index (χ4v) is 3.35. The van der Waals surface area contributed by atoms with Gasteiger partial charge in [0.2, 0.25) is 0 Å². The zero-order valence-electron chi connectivity index (χ0n) is 8.91. The van der Waals surface area contributed by atoms with Crippen molar-refractivity contribution in [1.82, 2.24) is 4.98 Å². The van der Waals surface area contributed by atoms with Gasteiger partial charge in [0.05, 0.1) is 4.88 Å². The molecule has 0 saturated heterocycles. The topological polar surface area (TPSA) is 50.2 Å². The van der Waals surface area contributed by atoms with Crippen molar-refractivity contribution in [2.24, 2.45) is 0 Å². The second-order valence-electron chi connectivity index (χ2n) is 3.43. The van der Waals surface area contributed by atoms with Crippen LogP contribution in [0.1, 0.15) is 20.9 Å². The largest absolute Gasteiger partial charge is 0.477 e. The van der Waals surface area contributed by atoms with Crippen molar-refractivity contribution in [3.05, 3.63) is 27.6 Å². The van der Waals surface area contributed by atoms with Crippen molar-refractivity contribution in [3.8, 4) is 9.88 Å². The van der Waals surface area contributed by atoms with E-state index in [1.807, 2.05) is 0 Å². The second kappa shape index (κ2) is 4.36. The number of halogens is 3. The van der Waals surface area contributed by atoms with Crippen molar-refractivity contribution in [1.29, 1.82) is 0 Å². The summed E-state index contributed by atoms with van der Waals surface area (Å²) in [5.41, 5.74) is -0.554. The first-order valence-corrected chi connectivity index (χ1v) is 6.36. The number of hydrogen-bond donors (Lipinski definition) is 1. The van der Waals surface area contributed by atoms with Gasteiger partial charge in [-0.1, -0.05) is 0 Å². The molecule has 0 aliphatic heterocycles. The highest BCUT2D eigenvalue weighted by Gasteiger charge is 2.40. The number of aryl methyl sites for hydroxylation is 1. The Bertz CT molecular complexity index is 601. The van der Waals surface area contributed by atoms with E-state index in [1.165, 1.54) is 11.3 Å². The number of carboxylic acid groups (broad SMARTS) is 1. The Hall–Kier alpha value is -1.41. The number of rotatable bonds is 2. The SMILES string of the molecule is Cc1ccsc1-c1nc(C(F)(F)F)c(C(=O)O)s1. The Kier molecular flexibility index (Phi) is 3.16. The minimum atomic E-state index is -4.76. The molecule has 0 saturated carbocycles. The lowest BCUT2D eigenvalue weighted by Crippen LogP contribution is -2.11. The van der Waals surface area contributed by atoms with Crippen LogP contribution in [0, 0.1) is 6.92 Å².